The summed E-state index contributed by atoms with van der Waals surface area (Å²) < 4.78 is 25.9. The molecule has 1 atom stereocenters. The second kappa shape index (κ2) is 9.65. The number of urea groups is 1. The van der Waals surface area contributed by atoms with Crippen molar-refractivity contribution in [2.45, 2.75) is 19.0 Å². The van der Waals surface area contributed by atoms with Gasteiger partial charge in [-0.2, -0.15) is 0 Å². The van der Waals surface area contributed by atoms with Gasteiger partial charge in [0.1, 0.15) is 22.6 Å². The van der Waals surface area contributed by atoms with Crippen molar-refractivity contribution in [2.24, 2.45) is 0 Å². The van der Waals surface area contributed by atoms with Gasteiger partial charge in [0.15, 0.2) is 17.1 Å². The zero-order valence-electron chi connectivity index (χ0n) is 20.7. The normalized spacial score (nSPS) is 16.6. The highest BCUT2D eigenvalue weighted by molar-refractivity contribution is 5.99. The monoisotopic (exact) mass is 524 g/mol. The number of rotatable bonds is 7. The molecule has 1 saturated heterocycles. The highest BCUT2D eigenvalue weighted by Crippen LogP contribution is 2.35. The van der Waals surface area contributed by atoms with Crippen molar-refractivity contribution in [3.63, 3.8) is 0 Å². The molecule has 0 spiro atoms. The summed E-state index contributed by atoms with van der Waals surface area (Å²) >= 11 is 0. The topological polar surface area (TPSA) is 146 Å². The quantitative estimate of drug-likeness (QED) is 0.392. The number of piperazine rings is 1. The molecule has 2 aliphatic rings. The zero-order chi connectivity index (χ0) is 27.0. The Morgan fingerprint density at radius 2 is 2.11 bits per heavy atom. The minimum Gasteiger partial charge on any atom is -0.494 e. The summed E-state index contributed by atoms with van der Waals surface area (Å²) in [6.07, 6.45) is 0.232. The van der Waals surface area contributed by atoms with Gasteiger partial charge in [-0.25, -0.2) is 14.2 Å². The van der Waals surface area contributed by atoms with Crippen LogP contribution in [0, 0.1) is 5.82 Å². The van der Waals surface area contributed by atoms with Crippen LogP contribution in [0.4, 0.5) is 15.0 Å². The molecule has 1 aromatic carbocycles. The highest BCUT2D eigenvalue weighted by Gasteiger charge is 2.40. The van der Waals surface area contributed by atoms with Crippen LogP contribution >= 0.6 is 0 Å². The first kappa shape index (κ1) is 25.0. The lowest BCUT2D eigenvalue weighted by Gasteiger charge is -2.32. The van der Waals surface area contributed by atoms with Gasteiger partial charge < -0.3 is 29.6 Å². The number of methoxy groups -OCH3 is 1. The Morgan fingerprint density at radius 1 is 1.29 bits per heavy atom. The van der Waals surface area contributed by atoms with E-state index in [4.69, 9.17) is 9.15 Å². The number of hydrogen-bond donors (Lipinski definition) is 3. The molecule has 3 N–H and O–H groups in total. The first-order chi connectivity index (χ1) is 18.2. The molecule has 3 aromatic rings. The number of aromatic nitrogens is 1. The summed E-state index contributed by atoms with van der Waals surface area (Å²) in [5.41, 5.74) is -0.0583. The Labute approximate surface area is 216 Å². The number of benzene rings is 1. The molecule has 0 radical (unpaired) electrons. The minimum absolute atomic E-state index is 0.0458. The van der Waals surface area contributed by atoms with Crippen LogP contribution in [0.25, 0.3) is 11.1 Å². The van der Waals surface area contributed by atoms with Crippen molar-refractivity contribution in [3.8, 4) is 5.75 Å². The third kappa shape index (κ3) is 4.46. The van der Waals surface area contributed by atoms with Crippen LogP contribution in [0.3, 0.4) is 0 Å². The van der Waals surface area contributed by atoms with E-state index < -0.39 is 23.3 Å². The Balaban J connectivity index is 1.47. The number of anilines is 1. The lowest BCUT2D eigenvalue weighted by atomic mass is 9.98. The van der Waals surface area contributed by atoms with E-state index in [0.717, 1.165) is 0 Å². The maximum absolute atomic E-state index is 14.9. The average Bonchev–Trinajstić information content (AvgIpc) is 3.46. The molecule has 13 heteroatoms. The summed E-state index contributed by atoms with van der Waals surface area (Å²) in [5.74, 6) is -0.623. The molecule has 5 rings (SSSR count). The Morgan fingerprint density at radius 3 is 2.84 bits per heavy atom. The van der Waals surface area contributed by atoms with Gasteiger partial charge in [0.25, 0.3) is 5.91 Å². The number of nitrogens with one attached hydrogen (secondary N) is 3. The lowest BCUT2D eigenvalue weighted by molar-refractivity contribution is -0.120. The predicted molar refractivity (Wildman–Crippen MR) is 132 cm³/mol. The molecule has 0 saturated carbocycles. The summed E-state index contributed by atoms with van der Waals surface area (Å²) in [4.78, 5) is 56.1. The molecule has 12 nitrogen and oxygen atoms in total. The Bertz CT molecular complexity index is 1460. The van der Waals surface area contributed by atoms with E-state index in [1.165, 1.54) is 18.1 Å². The maximum Gasteiger partial charge on any atom is 0.322 e. The van der Waals surface area contributed by atoms with Gasteiger partial charge in [0.05, 0.1) is 25.8 Å². The van der Waals surface area contributed by atoms with E-state index in [9.17, 15) is 23.6 Å². The van der Waals surface area contributed by atoms with E-state index in [2.05, 4.69) is 15.6 Å². The molecule has 5 amide bonds. The molecule has 0 bridgehead atoms. The number of furan rings is 1. The molecule has 2 aromatic heterocycles. The van der Waals surface area contributed by atoms with Gasteiger partial charge in [0, 0.05) is 25.7 Å². The molecule has 198 valence electrons. The molecule has 0 aliphatic carbocycles. The van der Waals surface area contributed by atoms with E-state index in [1.807, 2.05) is 10.2 Å². The van der Waals surface area contributed by atoms with E-state index in [-0.39, 0.29) is 49.0 Å². The smallest absolute Gasteiger partial charge is 0.322 e. The third-order valence-corrected chi connectivity index (χ3v) is 6.63. The molecule has 4 heterocycles. The van der Waals surface area contributed by atoms with Crippen LogP contribution < -0.4 is 25.6 Å². The first-order valence-electron chi connectivity index (χ1n) is 11.8. The summed E-state index contributed by atoms with van der Waals surface area (Å²) in [6.45, 7) is 2.89. The van der Waals surface area contributed by atoms with Crippen LogP contribution in [0.5, 0.6) is 5.75 Å². The highest BCUT2D eigenvalue weighted by atomic mass is 19.1. The van der Waals surface area contributed by atoms with Gasteiger partial charge in [-0.3, -0.25) is 19.7 Å². The second-order valence-corrected chi connectivity index (χ2v) is 9.26. The minimum atomic E-state index is -1.34. The standard InChI is InChI=1S/C25H25FN6O6/c1-25(30-24(36)28-13-33,12-32-10-14-3-4-17(37-2)22(26)21(14)23(32)35)18-9-15-16(38-18)5-6-19(29-15)31-8-7-27-20(34)11-31/h3-6,9,13H,7-8,10-12H2,1-2H3,(H,27,34)(H2,28,30,33,36)/t25-/m0/s1. The van der Waals surface area contributed by atoms with Crippen molar-refractivity contribution >= 4 is 41.2 Å². The summed E-state index contributed by atoms with van der Waals surface area (Å²) in [7, 11) is 1.32. The number of imide groups is 1. The van der Waals surface area contributed by atoms with Crippen LogP contribution in [0.1, 0.15) is 28.6 Å². The Kier molecular flexibility index (Phi) is 6.35. The van der Waals surface area contributed by atoms with E-state index >= 15 is 0 Å². The van der Waals surface area contributed by atoms with Crippen LogP contribution in [-0.4, -0.2) is 67.4 Å². The first-order valence-corrected chi connectivity index (χ1v) is 11.8. The van der Waals surface area contributed by atoms with Crippen LogP contribution in [0.15, 0.2) is 34.7 Å². The number of carbonyl (C=O) groups excluding carboxylic acids is 4. The van der Waals surface area contributed by atoms with Gasteiger partial charge >= 0.3 is 6.03 Å². The lowest BCUT2D eigenvalue weighted by Crippen LogP contribution is -2.53. The number of amides is 5. The van der Waals surface area contributed by atoms with Crippen molar-refractivity contribution in [3.05, 3.63) is 53.0 Å². The van der Waals surface area contributed by atoms with Crippen LogP contribution in [0.2, 0.25) is 0 Å². The fourth-order valence-electron chi connectivity index (χ4n) is 4.78. The Hall–Kier alpha value is -4.68. The molecule has 38 heavy (non-hydrogen) atoms. The van der Waals surface area contributed by atoms with Gasteiger partial charge in [-0.1, -0.05) is 6.07 Å². The van der Waals surface area contributed by atoms with Crippen LogP contribution in [-0.2, 0) is 21.7 Å². The fraction of sp³-hybridized carbons (Fsp3) is 0.320. The molecular weight excluding hydrogens is 499 g/mol. The van der Waals surface area contributed by atoms with Gasteiger partial charge in [0.2, 0.25) is 12.3 Å². The summed E-state index contributed by atoms with van der Waals surface area (Å²) in [5, 5.41) is 7.48. The third-order valence-electron chi connectivity index (χ3n) is 6.63. The zero-order valence-corrected chi connectivity index (χ0v) is 20.7. The van der Waals surface area contributed by atoms with Crippen molar-refractivity contribution < 1.29 is 32.7 Å². The average molecular weight is 525 g/mol. The number of nitrogens with zero attached hydrogens (tertiary/aromatic N) is 3. The molecule has 1 fully saturated rings. The van der Waals surface area contributed by atoms with E-state index in [0.29, 0.717) is 35.6 Å². The van der Waals surface area contributed by atoms with Crippen molar-refractivity contribution in [1.29, 1.82) is 0 Å². The number of pyridine rings is 1. The SMILES string of the molecule is COc1ccc2c(c1F)C(=O)N(C[C@](C)(NC(=O)NC=O)c1cc3nc(N4CCNC(=O)C4)ccc3o1)C2. The maximum atomic E-state index is 14.9. The number of hydrogen-bond acceptors (Lipinski definition) is 8. The molecular formula is C25H25FN6O6. The van der Waals surface area contributed by atoms with Gasteiger partial charge in [-0.15, -0.1) is 0 Å². The van der Waals surface area contributed by atoms with Crippen molar-refractivity contribution in [1.82, 2.24) is 25.8 Å². The molecule has 2 aliphatic heterocycles. The van der Waals surface area contributed by atoms with Crippen molar-refractivity contribution in [2.75, 3.05) is 38.2 Å². The second-order valence-electron chi connectivity index (χ2n) is 9.26. The van der Waals surface area contributed by atoms with Gasteiger partial charge in [-0.05, 0) is 30.7 Å². The molecule has 0 unspecified atom stereocenters. The predicted octanol–water partition coefficient (Wildman–Crippen LogP) is 1.24. The largest absolute Gasteiger partial charge is 0.494 e. The number of halogens is 1. The number of carbonyl (C=O) groups is 4. The van der Waals surface area contributed by atoms with E-state index in [1.54, 1.807) is 31.2 Å². The number of ether oxygens (including phenoxy) is 1. The summed E-state index contributed by atoms with van der Waals surface area (Å²) in [6, 6.07) is 7.32. The fourth-order valence-corrected chi connectivity index (χ4v) is 4.78. The number of fused-ring (bicyclic) bond motifs is 2.